The van der Waals surface area contributed by atoms with E-state index in [9.17, 15) is 30.7 Å². The van der Waals surface area contributed by atoms with Gasteiger partial charge >= 0.3 is 6.18 Å². The maximum Gasteiger partial charge on any atom is 0.422 e. The van der Waals surface area contributed by atoms with E-state index in [4.69, 9.17) is 0 Å². The summed E-state index contributed by atoms with van der Waals surface area (Å²) < 4.78 is 95.0. The standard InChI is InChI=1S/C23H17F7/c1-2-3-4-13-5-7-14(8-6-13)15-9-17(24)21(18(25)10-15)16-11-19(26)22(20(27)12-16)23(28,29)30/h5-12H,2-4H2,1H3. The second kappa shape index (κ2) is 8.50. The first-order valence-corrected chi connectivity index (χ1v) is 9.26. The number of rotatable bonds is 5. The molecule has 0 unspecified atom stereocenters. The zero-order valence-electron chi connectivity index (χ0n) is 15.9. The van der Waals surface area contributed by atoms with Crippen LogP contribution in [-0.4, -0.2) is 0 Å². The van der Waals surface area contributed by atoms with E-state index >= 15 is 0 Å². The third-order valence-electron chi connectivity index (χ3n) is 4.76. The van der Waals surface area contributed by atoms with E-state index in [2.05, 4.69) is 6.92 Å². The van der Waals surface area contributed by atoms with Gasteiger partial charge in [-0.1, -0.05) is 37.6 Å². The summed E-state index contributed by atoms with van der Waals surface area (Å²) in [7, 11) is 0. The molecule has 0 aliphatic rings. The van der Waals surface area contributed by atoms with Gasteiger partial charge in [0.1, 0.15) is 28.8 Å². The van der Waals surface area contributed by atoms with E-state index in [-0.39, 0.29) is 17.7 Å². The van der Waals surface area contributed by atoms with Crippen molar-refractivity contribution in [3.05, 3.63) is 82.9 Å². The van der Waals surface area contributed by atoms with Crippen LogP contribution in [0.5, 0.6) is 0 Å². The molecule has 0 N–H and O–H groups in total. The molecule has 3 rings (SSSR count). The van der Waals surface area contributed by atoms with Crippen molar-refractivity contribution in [2.24, 2.45) is 0 Å². The predicted molar refractivity (Wildman–Crippen MR) is 101 cm³/mol. The van der Waals surface area contributed by atoms with Crippen molar-refractivity contribution in [3.8, 4) is 22.3 Å². The van der Waals surface area contributed by atoms with Crippen molar-refractivity contribution in [2.45, 2.75) is 32.4 Å². The van der Waals surface area contributed by atoms with Gasteiger partial charge in [-0.25, -0.2) is 17.6 Å². The van der Waals surface area contributed by atoms with E-state index in [0.717, 1.165) is 37.0 Å². The largest absolute Gasteiger partial charge is 0.422 e. The van der Waals surface area contributed by atoms with Crippen LogP contribution >= 0.6 is 0 Å². The first-order valence-electron chi connectivity index (χ1n) is 9.26. The molecule has 0 saturated carbocycles. The third-order valence-corrected chi connectivity index (χ3v) is 4.76. The molecule has 0 aliphatic heterocycles. The van der Waals surface area contributed by atoms with Crippen molar-refractivity contribution >= 4 is 0 Å². The lowest BCUT2D eigenvalue weighted by atomic mass is 9.96. The smallest absolute Gasteiger partial charge is 0.206 e. The first-order chi connectivity index (χ1) is 14.1. The average molecular weight is 426 g/mol. The van der Waals surface area contributed by atoms with Crippen LogP contribution in [0.3, 0.4) is 0 Å². The molecule has 0 aromatic heterocycles. The molecule has 0 fully saturated rings. The van der Waals surface area contributed by atoms with Gasteiger partial charge in [-0.3, -0.25) is 0 Å². The highest BCUT2D eigenvalue weighted by molar-refractivity contribution is 5.72. The van der Waals surface area contributed by atoms with Gasteiger partial charge in [0, 0.05) is 0 Å². The fourth-order valence-electron chi connectivity index (χ4n) is 3.25. The number of alkyl halides is 3. The second-order valence-corrected chi connectivity index (χ2v) is 6.93. The van der Waals surface area contributed by atoms with Crippen molar-refractivity contribution in [2.75, 3.05) is 0 Å². The van der Waals surface area contributed by atoms with E-state index in [1.165, 1.54) is 0 Å². The summed E-state index contributed by atoms with van der Waals surface area (Å²) in [5, 5.41) is 0. The molecular weight excluding hydrogens is 409 g/mol. The van der Waals surface area contributed by atoms with E-state index in [0.29, 0.717) is 5.56 Å². The highest BCUT2D eigenvalue weighted by Crippen LogP contribution is 2.38. The highest BCUT2D eigenvalue weighted by atomic mass is 19.4. The second-order valence-electron chi connectivity index (χ2n) is 6.93. The molecule has 0 radical (unpaired) electrons. The summed E-state index contributed by atoms with van der Waals surface area (Å²) in [4.78, 5) is 0. The molecule has 0 atom stereocenters. The molecule has 0 nitrogen and oxygen atoms in total. The van der Waals surface area contributed by atoms with Crippen LogP contribution < -0.4 is 0 Å². The molecule has 3 aromatic rings. The van der Waals surface area contributed by atoms with Crippen molar-refractivity contribution in [3.63, 3.8) is 0 Å². The lowest BCUT2D eigenvalue weighted by Gasteiger charge is -2.13. The van der Waals surface area contributed by atoms with E-state index in [1.807, 2.05) is 12.1 Å². The number of halogens is 7. The minimum atomic E-state index is -5.27. The Hall–Kier alpha value is -2.83. The number of unbranched alkanes of at least 4 members (excludes halogenated alkanes) is 1. The molecule has 0 spiro atoms. The van der Waals surface area contributed by atoms with Crippen LogP contribution in [-0.2, 0) is 12.6 Å². The normalized spacial score (nSPS) is 11.7. The summed E-state index contributed by atoms with van der Waals surface area (Å²) in [6.45, 7) is 2.07. The Kier molecular flexibility index (Phi) is 6.19. The average Bonchev–Trinajstić information content (AvgIpc) is 2.64. The van der Waals surface area contributed by atoms with Gasteiger partial charge in [-0.15, -0.1) is 0 Å². The van der Waals surface area contributed by atoms with Gasteiger partial charge in [0.15, 0.2) is 0 Å². The Morgan fingerprint density at radius 2 is 1.17 bits per heavy atom. The SMILES string of the molecule is CCCCc1ccc(-c2cc(F)c(-c3cc(F)c(C(F)(F)F)c(F)c3)c(F)c2)cc1. The Morgan fingerprint density at radius 1 is 0.667 bits per heavy atom. The van der Waals surface area contributed by atoms with Crippen molar-refractivity contribution < 1.29 is 30.7 Å². The third kappa shape index (κ3) is 4.50. The summed E-state index contributed by atoms with van der Waals surface area (Å²) in [5.74, 6) is -6.16. The Labute approximate surface area is 169 Å². The molecule has 30 heavy (non-hydrogen) atoms. The predicted octanol–water partition coefficient (Wildman–Crippen LogP) is 7.94. The highest BCUT2D eigenvalue weighted by Gasteiger charge is 2.38. The van der Waals surface area contributed by atoms with Gasteiger partial charge in [0.05, 0.1) is 5.56 Å². The fourth-order valence-corrected chi connectivity index (χ4v) is 3.25. The van der Waals surface area contributed by atoms with Crippen molar-refractivity contribution in [1.29, 1.82) is 0 Å². The molecule has 0 amide bonds. The molecule has 0 bridgehead atoms. The maximum atomic E-state index is 14.6. The molecule has 3 aromatic carbocycles. The molecule has 7 heteroatoms. The van der Waals surface area contributed by atoms with Gasteiger partial charge in [-0.05, 0) is 59.4 Å². The van der Waals surface area contributed by atoms with Crippen LogP contribution in [0, 0.1) is 23.3 Å². The Bertz CT molecular complexity index is 1000. The summed E-state index contributed by atoms with van der Waals surface area (Å²) in [5.41, 5.74) is -1.76. The van der Waals surface area contributed by atoms with E-state index in [1.54, 1.807) is 12.1 Å². The molecule has 0 heterocycles. The molecule has 158 valence electrons. The number of benzene rings is 3. The van der Waals surface area contributed by atoms with Gasteiger partial charge in [0.25, 0.3) is 0 Å². The molecule has 0 saturated heterocycles. The number of hydrogen-bond acceptors (Lipinski definition) is 0. The fraction of sp³-hybridized carbons (Fsp3) is 0.217. The molecular formula is C23H17F7. The Balaban J connectivity index is 2.00. The van der Waals surface area contributed by atoms with Crippen LogP contribution in [0.1, 0.15) is 30.9 Å². The summed E-state index contributed by atoms with van der Waals surface area (Å²) >= 11 is 0. The zero-order valence-corrected chi connectivity index (χ0v) is 15.9. The monoisotopic (exact) mass is 426 g/mol. The van der Waals surface area contributed by atoms with Crippen molar-refractivity contribution in [1.82, 2.24) is 0 Å². The van der Waals surface area contributed by atoms with Crippen LogP contribution in [0.25, 0.3) is 22.3 Å². The summed E-state index contributed by atoms with van der Waals surface area (Å²) in [6, 6.07) is 9.60. The zero-order chi connectivity index (χ0) is 22.1. The lowest BCUT2D eigenvalue weighted by molar-refractivity contribution is -0.142. The van der Waals surface area contributed by atoms with Gasteiger partial charge in [-0.2, -0.15) is 13.2 Å². The van der Waals surface area contributed by atoms with Gasteiger partial charge in [0.2, 0.25) is 0 Å². The maximum absolute atomic E-state index is 14.6. The van der Waals surface area contributed by atoms with Gasteiger partial charge < -0.3 is 0 Å². The summed E-state index contributed by atoms with van der Waals surface area (Å²) in [6.07, 6.45) is -2.34. The number of aryl methyl sites for hydroxylation is 1. The lowest BCUT2D eigenvalue weighted by Crippen LogP contribution is -2.11. The number of hydrogen-bond donors (Lipinski definition) is 0. The minimum absolute atomic E-state index is 0.198. The minimum Gasteiger partial charge on any atom is -0.206 e. The first kappa shape index (κ1) is 21.9. The quantitative estimate of drug-likeness (QED) is 0.363. The topological polar surface area (TPSA) is 0 Å². The van der Waals surface area contributed by atoms with E-state index < -0.39 is 46.1 Å². The Morgan fingerprint density at radius 3 is 1.63 bits per heavy atom. The van der Waals surface area contributed by atoms with Crippen LogP contribution in [0.15, 0.2) is 48.5 Å². The van der Waals surface area contributed by atoms with Crippen LogP contribution in [0.2, 0.25) is 0 Å². The molecule has 0 aliphatic carbocycles. The van der Waals surface area contributed by atoms with Crippen LogP contribution in [0.4, 0.5) is 30.7 Å².